The van der Waals surface area contributed by atoms with Crippen LogP contribution in [0, 0.1) is 16.7 Å². The molecule has 0 spiro atoms. The monoisotopic (exact) mass is 289 g/mol. The van der Waals surface area contributed by atoms with Crippen molar-refractivity contribution in [2.75, 3.05) is 0 Å². The highest BCUT2D eigenvalue weighted by Crippen LogP contribution is 2.65. The molecule has 1 aromatic carbocycles. The number of phenols is 2. The molecule has 0 saturated heterocycles. The zero-order chi connectivity index (χ0) is 15.4. The summed E-state index contributed by atoms with van der Waals surface area (Å²) in [6.07, 6.45) is 3.86. The van der Waals surface area contributed by atoms with E-state index in [9.17, 15) is 10.2 Å². The van der Waals surface area contributed by atoms with Gasteiger partial charge in [0.25, 0.3) is 0 Å². The average Bonchev–Trinajstić information content (AvgIpc) is 2.71. The van der Waals surface area contributed by atoms with Crippen LogP contribution in [-0.2, 0) is 0 Å². The van der Waals surface area contributed by atoms with Crippen molar-refractivity contribution in [3.05, 3.63) is 23.8 Å². The highest BCUT2D eigenvalue weighted by atomic mass is 16.3. The van der Waals surface area contributed by atoms with Crippen molar-refractivity contribution in [2.24, 2.45) is 16.7 Å². The van der Waals surface area contributed by atoms with Crippen LogP contribution in [-0.4, -0.2) is 16.3 Å². The lowest BCUT2D eigenvalue weighted by molar-refractivity contribution is 0.116. The van der Waals surface area contributed by atoms with Gasteiger partial charge in [0, 0.05) is 23.7 Å². The van der Waals surface area contributed by atoms with E-state index < -0.39 is 0 Å². The Morgan fingerprint density at radius 1 is 1.24 bits per heavy atom. The number of hydrogen-bond acceptors (Lipinski definition) is 3. The molecule has 116 valence electrons. The van der Waals surface area contributed by atoms with Gasteiger partial charge in [0.1, 0.15) is 11.5 Å². The number of phenolic OH excluding ortho intramolecular Hbond substituents is 2. The fourth-order valence-electron chi connectivity index (χ4n) is 4.75. The van der Waals surface area contributed by atoms with E-state index in [1.807, 2.05) is 6.07 Å². The fraction of sp³-hybridized carbons (Fsp3) is 0.667. The van der Waals surface area contributed by atoms with Gasteiger partial charge in [0.15, 0.2) is 0 Å². The van der Waals surface area contributed by atoms with E-state index in [1.165, 1.54) is 25.3 Å². The zero-order valence-corrected chi connectivity index (χ0v) is 13.5. The maximum atomic E-state index is 10.0. The quantitative estimate of drug-likeness (QED) is 0.789. The maximum absolute atomic E-state index is 10.0. The number of aromatic hydroxyl groups is 2. The Bertz CT molecular complexity index is 554. The van der Waals surface area contributed by atoms with Crippen LogP contribution in [0.4, 0.5) is 0 Å². The van der Waals surface area contributed by atoms with Gasteiger partial charge in [0.05, 0.1) is 0 Å². The van der Waals surface area contributed by atoms with Crippen LogP contribution in [0.2, 0.25) is 0 Å². The number of fused-ring (bicyclic) bond motifs is 2. The molecule has 0 amide bonds. The summed E-state index contributed by atoms with van der Waals surface area (Å²) in [5, 5.41) is 23.2. The molecule has 3 N–H and O–H groups in total. The molecule has 4 unspecified atom stereocenters. The number of benzene rings is 1. The summed E-state index contributed by atoms with van der Waals surface area (Å²) >= 11 is 0. The molecule has 0 aliphatic heterocycles. The van der Waals surface area contributed by atoms with Gasteiger partial charge in [-0.1, -0.05) is 26.8 Å². The number of rotatable bonds is 3. The Morgan fingerprint density at radius 3 is 2.48 bits per heavy atom. The average molecular weight is 289 g/mol. The van der Waals surface area contributed by atoms with Crippen LogP contribution in [0.15, 0.2) is 18.2 Å². The Morgan fingerprint density at radius 2 is 1.95 bits per heavy atom. The minimum Gasteiger partial charge on any atom is -0.508 e. The van der Waals surface area contributed by atoms with Gasteiger partial charge >= 0.3 is 0 Å². The van der Waals surface area contributed by atoms with E-state index >= 15 is 0 Å². The molecule has 4 atom stereocenters. The third-order valence-electron chi connectivity index (χ3n) is 6.73. The van der Waals surface area contributed by atoms with Crippen molar-refractivity contribution in [1.82, 2.24) is 5.32 Å². The molecule has 2 aliphatic rings. The Hall–Kier alpha value is -1.22. The normalized spacial score (nSPS) is 35.0. The van der Waals surface area contributed by atoms with Crippen molar-refractivity contribution in [1.29, 1.82) is 0 Å². The topological polar surface area (TPSA) is 52.5 Å². The second-order valence-corrected chi connectivity index (χ2v) is 7.79. The Balaban J connectivity index is 1.79. The molecule has 2 bridgehead atoms. The van der Waals surface area contributed by atoms with Crippen molar-refractivity contribution >= 4 is 0 Å². The summed E-state index contributed by atoms with van der Waals surface area (Å²) in [5.74, 6) is 1.08. The lowest BCUT2D eigenvalue weighted by atomic mass is 9.69. The van der Waals surface area contributed by atoms with E-state index in [1.54, 1.807) is 6.07 Å². The minimum absolute atomic E-state index is 0.0857. The molecular formula is C18H27NO2. The van der Waals surface area contributed by atoms with Gasteiger partial charge in [-0.15, -0.1) is 0 Å². The van der Waals surface area contributed by atoms with Crippen LogP contribution in [0.5, 0.6) is 11.5 Å². The molecule has 3 nitrogen and oxygen atoms in total. The van der Waals surface area contributed by atoms with Gasteiger partial charge in [-0.05, 0) is 49.0 Å². The summed E-state index contributed by atoms with van der Waals surface area (Å²) in [4.78, 5) is 0. The highest BCUT2D eigenvalue weighted by molar-refractivity contribution is 5.40. The van der Waals surface area contributed by atoms with Crippen molar-refractivity contribution < 1.29 is 10.2 Å². The van der Waals surface area contributed by atoms with Crippen LogP contribution >= 0.6 is 0 Å². The third kappa shape index (κ3) is 2.05. The van der Waals surface area contributed by atoms with Crippen LogP contribution < -0.4 is 5.32 Å². The highest BCUT2D eigenvalue weighted by Gasteiger charge is 2.61. The summed E-state index contributed by atoms with van der Waals surface area (Å²) in [7, 11) is 0. The van der Waals surface area contributed by atoms with E-state index in [4.69, 9.17) is 0 Å². The van der Waals surface area contributed by atoms with E-state index in [0.717, 1.165) is 11.5 Å². The summed E-state index contributed by atoms with van der Waals surface area (Å²) in [6.45, 7) is 9.33. The SMILES string of the molecule is CC(NC1CC2CCC1(C)C2(C)C)c1ccc(O)cc1O. The van der Waals surface area contributed by atoms with Crippen LogP contribution in [0.25, 0.3) is 0 Å². The number of hydrogen-bond donors (Lipinski definition) is 3. The lowest BCUT2D eigenvalue weighted by Gasteiger charge is -2.40. The van der Waals surface area contributed by atoms with E-state index in [0.29, 0.717) is 16.9 Å². The van der Waals surface area contributed by atoms with Gasteiger partial charge in [-0.3, -0.25) is 0 Å². The molecule has 2 saturated carbocycles. The second kappa shape index (κ2) is 4.64. The van der Waals surface area contributed by atoms with Gasteiger partial charge < -0.3 is 15.5 Å². The summed E-state index contributed by atoms with van der Waals surface area (Å²) < 4.78 is 0. The minimum atomic E-state index is 0.0857. The molecular weight excluding hydrogens is 262 g/mol. The van der Waals surface area contributed by atoms with Gasteiger partial charge in [-0.2, -0.15) is 0 Å². The maximum Gasteiger partial charge on any atom is 0.124 e. The third-order valence-corrected chi connectivity index (χ3v) is 6.73. The molecule has 0 aromatic heterocycles. The standard InChI is InChI=1S/C18H27NO2/c1-11(14-6-5-13(20)10-15(14)21)19-16-9-12-7-8-18(16,4)17(12,2)3/h5-6,10-12,16,19-21H,7-9H2,1-4H3. The van der Waals surface area contributed by atoms with E-state index in [-0.39, 0.29) is 17.5 Å². The van der Waals surface area contributed by atoms with Gasteiger partial charge in [-0.25, -0.2) is 0 Å². The predicted octanol–water partition coefficient (Wildman–Crippen LogP) is 3.96. The van der Waals surface area contributed by atoms with Crippen molar-refractivity contribution in [3.63, 3.8) is 0 Å². The van der Waals surface area contributed by atoms with Crippen molar-refractivity contribution in [3.8, 4) is 11.5 Å². The summed E-state index contributed by atoms with van der Waals surface area (Å²) in [6, 6.07) is 5.44. The molecule has 0 radical (unpaired) electrons. The smallest absolute Gasteiger partial charge is 0.124 e. The first-order valence-electron chi connectivity index (χ1n) is 8.03. The summed E-state index contributed by atoms with van der Waals surface area (Å²) in [5.41, 5.74) is 1.58. The predicted molar refractivity (Wildman–Crippen MR) is 84.3 cm³/mol. The van der Waals surface area contributed by atoms with Gasteiger partial charge in [0.2, 0.25) is 0 Å². The largest absolute Gasteiger partial charge is 0.508 e. The molecule has 21 heavy (non-hydrogen) atoms. The van der Waals surface area contributed by atoms with Crippen LogP contribution in [0.1, 0.15) is 58.6 Å². The fourth-order valence-corrected chi connectivity index (χ4v) is 4.75. The molecule has 2 aliphatic carbocycles. The second-order valence-electron chi connectivity index (χ2n) is 7.79. The first-order valence-corrected chi connectivity index (χ1v) is 8.03. The van der Waals surface area contributed by atoms with Crippen molar-refractivity contribution in [2.45, 2.75) is 59.0 Å². The molecule has 3 heteroatoms. The van der Waals surface area contributed by atoms with Crippen LogP contribution in [0.3, 0.4) is 0 Å². The molecule has 0 heterocycles. The number of nitrogens with one attached hydrogen (secondary N) is 1. The molecule has 3 rings (SSSR count). The Labute approximate surface area is 127 Å². The molecule has 1 aromatic rings. The first kappa shape index (κ1) is 14.7. The molecule has 2 fully saturated rings. The lowest BCUT2D eigenvalue weighted by Crippen LogP contribution is -2.45. The van der Waals surface area contributed by atoms with E-state index in [2.05, 4.69) is 33.0 Å². The Kier molecular flexibility index (Phi) is 3.25. The zero-order valence-electron chi connectivity index (χ0n) is 13.5. The first-order chi connectivity index (χ1) is 9.75.